The first-order valence-corrected chi connectivity index (χ1v) is 20.5. The minimum atomic E-state index is -0.448. The molecular weight excluding hydrogens is 722 g/mol. The maximum Gasteiger partial charge on any atom is 0.0726 e. The summed E-state index contributed by atoms with van der Waals surface area (Å²) in [4.78, 5) is 2.42. The van der Waals surface area contributed by atoms with Gasteiger partial charge in [-0.3, -0.25) is 0 Å². The minimum absolute atomic E-state index is 0.448. The molecule has 0 heterocycles. The van der Waals surface area contributed by atoms with Crippen molar-refractivity contribution in [1.82, 2.24) is 0 Å². The summed E-state index contributed by atoms with van der Waals surface area (Å²) in [7, 11) is 0. The van der Waals surface area contributed by atoms with Gasteiger partial charge in [0.1, 0.15) is 0 Å². The van der Waals surface area contributed by atoms with Crippen LogP contribution in [0.15, 0.2) is 206 Å². The molecular formula is C56H34ClN. The third-order valence-electron chi connectivity index (χ3n) is 13.5. The average molecular weight is 756 g/mol. The predicted octanol–water partition coefficient (Wildman–Crippen LogP) is 14.5. The number of rotatable bonds is 3. The number of benzene rings is 9. The number of hydrogen-bond donors (Lipinski definition) is 0. The van der Waals surface area contributed by atoms with Crippen molar-refractivity contribution in [2.75, 3.05) is 4.90 Å². The molecule has 0 amide bonds. The molecule has 13 rings (SSSR count). The van der Waals surface area contributed by atoms with Crippen molar-refractivity contribution >= 4 is 28.7 Å². The normalized spacial score (nSPS) is 14.6. The highest BCUT2D eigenvalue weighted by molar-refractivity contribution is 6.30. The van der Waals surface area contributed by atoms with Crippen LogP contribution in [0.1, 0.15) is 44.5 Å². The second-order valence-corrected chi connectivity index (χ2v) is 16.5. The molecule has 9 aromatic rings. The third-order valence-corrected chi connectivity index (χ3v) is 13.8. The lowest BCUT2D eigenvalue weighted by molar-refractivity contribution is 0.792. The van der Waals surface area contributed by atoms with Crippen molar-refractivity contribution in [3.63, 3.8) is 0 Å². The maximum absolute atomic E-state index is 6.87. The van der Waals surface area contributed by atoms with Crippen molar-refractivity contribution in [2.45, 2.75) is 10.8 Å². The maximum atomic E-state index is 6.87. The van der Waals surface area contributed by atoms with E-state index in [0.29, 0.717) is 5.02 Å². The Morgan fingerprint density at radius 3 is 0.879 bits per heavy atom. The third kappa shape index (κ3) is 3.87. The van der Waals surface area contributed by atoms with Crippen molar-refractivity contribution < 1.29 is 0 Å². The van der Waals surface area contributed by atoms with E-state index >= 15 is 0 Å². The largest absolute Gasteiger partial charge is 0.310 e. The molecule has 4 aliphatic rings. The van der Waals surface area contributed by atoms with Gasteiger partial charge in [-0.2, -0.15) is 0 Å². The smallest absolute Gasteiger partial charge is 0.0726 e. The molecule has 4 aliphatic carbocycles. The lowest BCUT2D eigenvalue weighted by atomic mass is 9.70. The Labute approximate surface area is 343 Å². The van der Waals surface area contributed by atoms with Gasteiger partial charge >= 0.3 is 0 Å². The number of nitrogens with zero attached hydrogens (tertiary/aromatic N) is 1. The molecule has 0 aliphatic heterocycles. The van der Waals surface area contributed by atoms with Gasteiger partial charge in [-0.05, 0) is 131 Å². The molecule has 0 N–H and O–H groups in total. The number of fused-ring (bicyclic) bond motifs is 20. The molecule has 2 heteroatoms. The molecule has 58 heavy (non-hydrogen) atoms. The van der Waals surface area contributed by atoms with E-state index in [4.69, 9.17) is 11.6 Å². The van der Waals surface area contributed by atoms with Gasteiger partial charge in [0, 0.05) is 22.1 Å². The molecule has 0 saturated heterocycles. The van der Waals surface area contributed by atoms with Crippen LogP contribution < -0.4 is 4.90 Å². The summed E-state index contributed by atoms with van der Waals surface area (Å²) < 4.78 is 0. The first kappa shape index (κ1) is 32.2. The standard InChI is InChI=1S/C56H34ClN/c57-35-14-13-15-36(32-35)58(37-28-30-45-43-20-5-11-26-51(43)55(53(45)33-37)47-22-7-1-16-39(47)40-17-2-8-23-48(40)55)38-29-31-46-44-21-6-12-27-52(44)56(54(46)34-38)49-24-9-3-18-41(49)42-19-4-10-25-50(42)56/h1-34H. The second-order valence-electron chi connectivity index (χ2n) is 16.0. The van der Waals surface area contributed by atoms with Gasteiger partial charge in [0.2, 0.25) is 0 Å². The van der Waals surface area contributed by atoms with Crippen molar-refractivity contribution in [2.24, 2.45) is 0 Å². The molecule has 1 nitrogen and oxygen atoms in total. The van der Waals surface area contributed by atoms with Crippen molar-refractivity contribution in [3.8, 4) is 44.5 Å². The number of halogens is 1. The first-order valence-electron chi connectivity index (χ1n) is 20.1. The first-order chi connectivity index (χ1) is 28.7. The van der Waals surface area contributed by atoms with E-state index < -0.39 is 10.8 Å². The predicted molar refractivity (Wildman–Crippen MR) is 239 cm³/mol. The fourth-order valence-electron chi connectivity index (χ4n) is 11.5. The Morgan fingerprint density at radius 1 is 0.259 bits per heavy atom. The van der Waals surface area contributed by atoms with Gasteiger partial charge in [-0.15, -0.1) is 0 Å². The fourth-order valence-corrected chi connectivity index (χ4v) is 11.7. The Kier molecular flexibility index (Phi) is 6.42. The van der Waals surface area contributed by atoms with E-state index in [0.717, 1.165) is 17.1 Å². The van der Waals surface area contributed by atoms with E-state index in [-0.39, 0.29) is 0 Å². The molecule has 9 aromatic carbocycles. The average Bonchev–Trinajstić information content (AvgIpc) is 3.95. The lowest BCUT2D eigenvalue weighted by Crippen LogP contribution is -2.26. The van der Waals surface area contributed by atoms with Crippen LogP contribution >= 0.6 is 11.6 Å². The topological polar surface area (TPSA) is 3.24 Å². The second kappa shape index (κ2) is 11.6. The van der Waals surface area contributed by atoms with Crippen LogP contribution in [0.2, 0.25) is 5.02 Å². The van der Waals surface area contributed by atoms with Gasteiger partial charge in [0.05, 0.1) is 10.8 Å². The van der Waals surface area contributed by atoms with Crippen LogP contribution in [0.4, 0.5) is 17.1 Å². The van der Waals surface area contributed by atoms with E-state index in [1.807, 2.05) is 6.07 Å². The van der Waals surface area contributed by atoms with Crippen molar-refractivity contribution in [3.05, 3.63) is 256 Å². The van der Waals surface area contributed by atoms with Gasteiger partial charge in [0.25, 0.3) is 0 Å². The van der Waals surface area contributed by atoms with Gasteiger partial charge in [0.15, 0.2) is 0 Å². The van der Waals surface area contributed by atoms with E-state index in [2.05, 4.69) is 205 Å². The van der Waals surface area contributed by atoms with Crippen LogP contribution in [0.25, 0.3) is 44.5 Å². The zero-order chi connectivity index (χ0) is 38.2. The highest BCUT2D eigenvalue weighted by Gasteiger charge is 2.53. The zero-order valence-electron chi connectivity index (χ0n) is 31.5. The molecule has 2 spiro atoms. The van der Waals surface area contributed by atoms with Crippen LogP contribution in [-0.2, 0) is 10.8 Å². The van der Waals surface area contributed by atoms with Crippen LogP contribution in [0.5, 0.6) is 0 Å². The summed E-state index contributed by atoms with van der Waals surface area (Å²) >= 11 is 6.87. The quantitative estimate of drug-likeness (QED) is 0.174. The molecule has 270 valence electrons. The fraction of sp³-hybridized carbons (Fsp3) is 0.0357. The van der Waals surface area contributed by atoms with Gasteiger partial charge < -0.3 is 4.90 Å². The molecule has 0 bridgehead atoms. The summed E-state index contributed by atoms with van der Waals surface area (Å²) in [6, 6.07) is 76.7. The lowest BCUT2D eigenvalue weighted by Gasteiger charge is -2.33. The Bertz CT molecular complexity index is 2910. The van der Waals surface area contributed by atoms with E-state index in [1.165, 1.54) is 89.0 Å². The monoisotopic (exact) mass is 755 g/mol. The van der Waals surface area contributed by atoms with Gasteiger partial charge in [-0.25, -0.2) is 0 Å². The minimum Gasteiger partial charge on any atom is -0.310 e. The van der Waals surface area contributed by atoms with Crippen LogP contribution in [0.3, 0.4) is 0 Å². The Balaban J connectivity index is 1.09. The number of anilines is 3. The Morgan fingerprint density at radius 2 is 0.552 bits per heavy atom. The van der Waals surface area contributed by atoms with Crippen LogP contribution in [-0.4, -0.2) is 0 Å². The molecule has 0 aromatic heterocycles. The van der Waals surface area contributed by atoms with Gasteiger partial charge in [-0.1, -0.05) is 175 Å². The highest BCUT2D eigenvalue weighted by Crippen LogP contribution is 2.65. The van der Waals surface area contributed by atoms with E-state index in [1.54, 1.807) is 0 Å². The summed E-state index contributed by atoms with van der Waals surface area (Å²) in [6.45, 7) is 0. The Hall–Kier alpha value is -6.93. The summed E-state index contributed by atoms with van der Waals surface area (Å²) in [5.41, 5.74) is 23.3. The molecule has 0 fully saturated rings. The van der Waals surface area contributed by atoms with E-state index in [9.17, 15) is 0 Å². The highest BCUT2D eigenvalue weighted by atomic mass is 35.5. The molecule has 0 radical (unpaired) electrons. The number of hydrogen-bond acceptors (Lipinski definition) is 1. The molecule has 0 atom stereocenters. The molecule has 0 unspecified atom stereocenters. The van der Waals surface area contributed by atoms with Crippen LogP contribution in [0, 0.1) is 0 Å². The molecule has 0 saturated carbocycles. The van der Waals surface area contributed by atoms with Crippen molar-refractivity contribution in [1.29, 1.82) is 0 Å². The summed E-state index contributed by atoms with van der Waals surface area (Å²) in [5, 5.41) is 0.704. The summed E-state index contributed by atoms with van der Waals surface area (Å²) in [5.74, 6) is 0. The SMILES string of the molecule is Clc1cccc(N(c2ccc3c(c2)C2(c4ccccc4-c4ccccc42)c2ccccc2-3)c2ccc3c(c2)C2(c4ccccc4-c4ccccc42)c2ccccc2-3)c1. The zero-order valence-corrected chi connectivity index (χ0v) is 32.2. The summed E-state index contributed by atoms with van der Waals surface area (Å²) in [6.07, 6.45) is 0.